The number of hydrogen-bond donors (Lipinski definition) is 1. The number of rotatable bonds is 4. The van der Waals surface area contributed by atoms with Crippen LogP contribution in [-0.4, -0.2) is 17.5 Å². The zero-order valence-corrected chi connectivity index (χ0v) is 10.1. The number of nitrogens with zero attached hydrogens (tertiary/aromatic N) is 1. The maximum Gasteiger partial charge on any atom is 0.257 e. The Bertz CT molecular complexity index is 509. The van der Waals surface area contributed by atoms with E-state index >= 15 is 0 Å². The van der Waals surface area contributed by atoms with Gasteiger partial charge in [-0.2, -0.15) is 0 Å². The number of ether oxygens (including phenoxy) is 1. The molecular weight excluding hydrogens is 228 g/mol. The van der Waals surface area contributed by atoms with E-state index in [-0.39, 0.29) is 5.91 Å². The van der Waals surface area contributed by atoms with Crippen LogP contribution in [0, 0.1) is 0 Å². The van der Waals surface area contributed by atoms with Gasteiger partial charge >= 0.3 is 0 Å². The predicted molar refractivity (Wildman–Crippen MR) is 69.8 cm³/mol. The van der Waals surface area contributed by atoms with E-state index in [4.69, 9.17) is 4.74 Å². The van der Waals surface area contributed by atoms with Gasteiger partial charge in [-0.05, 0) is 25.1 Å². The molecule has 2 aromatic rings. The Morgan fingerprint density at radius 1 is 1.22 bits per heavy atom. The van der Waals surface area contributed by atoms with Gasteiger partial charge in [-0.1, -0.05) is 18.2 Å². The number of anilines is 1. The van der Waals surface area contributed by atoms with E-state index in [9.17, 15) is 4.79 Å². The Morgan fingerprint density at radius 3 is 2.61 bits per heavy atom. The van der Waals surface area contributed by atoms with E-state index in [2.05, 4.69) is 10.3 Å². The molecule has 4 heteroatoms. The van der Waals surface area contributed by atoms with Crippen molar-refractivity contribution in [2.24, 2.45) is 0 Å². The fourth-order valence-electron chi connectivity index (χ4n) is 1.47. The Kier molecular flexibility index (Phi) is 3.91. The van der Waals surface area contributed by atoms with Crippen molar-refractivity contribution >= 4 is 11.6 Å². The molecule has 1 aromatic carbocycles. The van der Waals surface area contributed by atoms with Crippen molar-refractivity contribution in [2.45, 2.75) is 6.92 Å². The first-order valence-electron chi connectivity index (χ1n) is 5.75. The van der Waals surface area contributed by atoms with Crippen molar-refractivity contribution in [1.82, 2.24) is 4.98 Å². The molecule has 0 aliphatic heterocycles. The van der Waals surface area contributed by atoms with E-state index < -0.39 is 0 Å². The summed E-state index contributed by atoms with van der Waals surface area (Å²) in [6.45, 7) is 2.44. The van der Waals surface area contributed by atoms with Crippen LogP contribution >= 0.6 is 0 Å². The van der Waals surface area contributed by atoms with Crippen molar-refractivity contribution in [2.75, 3.05) is 11.9 Å². The van der Waals surface area contributed by atoms with Crippen LogP contribution < -0.4 is 10.1 Å². The highest BCUT2D eigenvalue weighted by atomic mass is 16.5. The zero-order chi connectivity index (χ0) is 12.8. The van der Waals surface area contributed by atoms with Gasteiger partial charge in [0.25, 0.3) is 5.91 Å². The van der Waals surface area contributed by atoms with Crippen LogP contribution in [0.3, 0.4) is 0 Å². The number of carbonyl (C=O) groups is 1. The highest BCUT2D eigenvalue weighted by Gasteiger charge is 2.06. The number of pyridine rings is 1. The summed E-state index contributed by atoms with van der Waals surface area (Å²) in [7, 11) is 0. The summed E-state index contributed by atoms with van der Waals surface area (Å²) in [6.07, 6.45) is 1.50. The summed E-state index contributed by atoms with van der Waals surface area (Å²) in [5, 5.41) is 2.79. The third kappa shape index (κ3) is 3.07. The lowest BCUT2D eigenvalue weighted by atomic mass is 10.2. The Labute approximate surface area is 106 Å². The predicted octanol–water partition coefficient (Wildman–Crippen LogP) is 2.73. The molecule has 0 radical (unpaired) electrons. The number of nitrogens with one attached hydrogen (secondary N) is 1. The van der Waals surface area contributed by atoms with Gasteiger partial charge in [0.2, 0.25) is 5.88 Å². The maximum atomic E-state index is 11.9. The molecule has 0 fully saturated rings. The number of carbonyl (C=O) groups excluding carboxylic acids is 1. The van der Waals surface area contributed by atoms with Crippen LogP contribution in [0.5, 0.6) is 5.88 Å². The zero-order valence-electron chi connectivity index (χ0n) is 10.1. The molecule has 0 aliphatic carbocycles. The second-order valence-electron chi connectivity index (χ2n) is 3.64. The molecule has 1 heterocycles. The fraction of sp³-hybridized carbons (Fsp3) is 0.143. The van der Waals surface area contributed by atoms with E-state index in [0.717, 1.165) is 5.69 Å². The third-order valence-electron chi connectivity index (χ3n) is 2.32. The SMILES string of the molecule is CCOc1ccc(C(=O)Nc2ccccc2)cn1. The van der Waals surface area contributed by atoms with Crippen molar-refractivity contribution in [3.63, 3.8) is 0 Å². The molecule has 0 spiro atoms. The average molecular weight is 242 g/mol. The Balaban J connectivity index is 2.05. The Hall–Kier alpha value is -2.36. The van der Waals surface area contributed by atoms with Gasteiger partial charge in [0.15, 0.2) is 0 Å². The molecule has 0 aliphatic rings. The fourth-order valence-corrected chi connectivity index (χ4v) is 1.47. The van der Waals surface area contributed by atoms with E-state index in [1.54, 1.807) is 12.1 Å². The topological polar surface area (TPSA) is 51.2 Å². The lowest BCUT2D eigenvalue weighted by molar-refractivity contribution is 0.102. The van der Waals surface area contributed by atoms with Crippen molar-refractivity contribution in [3.05, 3.63) is 54.2 Å². The molecule has 1 amide bonds. The molecule has 92 valence electrons. The molecule has 1 N–H and O–H groups in total. The van der Waals surface area contributed by atoms with Crippen LogP contribution in [0.2, 0.25) is 0 Å². The molecular formula is C14H14N2O2. The lowest BCUT2D eigenvalue weighted by Gasteiger charge is -2.05. The van der Waals surface area contributed by atoms with Crippen molar-refractivity contribution < 1.29 is 9.53 Å². The van der Waals surface area contributed by atoms with Gasteiger partial charge in [0.1, 0.15) is 0 Å². The Morgan fingerprint density at radius 2 is 2.00 bits per heavy atom. The summed E-state index contributed by atoms with van der Waals surface area (Å²) in [4.78, 5) is 15.9. The van der Waals surface area contributed by atoms with Crippen molar-refractivity contribution in [1.29, 1.82) is 0 Å². The standard InChI is InChI=1S/C14H14N2O2/c1-2-18-13-9-8-11(10-15-13)14(17)16-12-6-4-3-5-7-12/h3-10H,2H2,1H3,(H,16,17). The van der Waals surface area contributed by atoms with Gasteiger partial charge in [-0.3, -0.25) is 4.79 Å². The molecule has 1 aromatic heterocycles. The first kappa shape index (κ1) is 12.1. The van der Waals surface area contributed by atoms with Crippen LogP contribution in [-0.2, 0) is 0 Å². The minimum Gasteiger partial charge on any atom is -0.478 e. The smallest absolute Gasteiger partial charge is 0.257 e. The van der Waals surface area contributed by atoms with E-state index in [1.807, 2.05) is 37.3 Å². The molecule has 0 bridgehead atoms. The number of amides is 1. The normalized spacial score (nSPS) is 9.83. The molecule has 2 rings (SSSR count). The van der Waals surface area contributed by atoms with Gasteiger partial charge in [0.05, 0.1) is 12.2 Å². The highest BCUT2D eigenvalue weighted by molar-refractivity contribution is 6.04. The second-order valence-corrected chi connectivity index (χ2v) is 3.64. The lowest BCUT2D eigenvalue weighted by Crippen LogP contribution is -2.12. The van der Waals surface area contributed by atoms with Crippen LogP contribution in [0.4, 0.5) is 5.69 Å². The monoisotopic (exact) mass is 242 g/mol. The molecule has 0 unspecified atom stereocenters. The van der Waals surface area contributed by atoms with Gasteiger partial charge in [0, 0.05) is 18.0 Å². The highest BCUT2D eigenvalue weighted by Crippen LogP contribution is 2.11. The summed E-state index contributed by atoms with van der Waals surface area (Å²) < 4.78 is 5.22. The summed E-state index contributed by atoms with van der Waals surface area (Å²) >= 11 is 0. The average Bonchev–Trinajstić information content (AvgIpc) is 2.41. The third-order valence-corrected chi connectivity index (χ3v) is 2.32. The van der Waals surface area contributed by atoms with E-state index in [0.29, 0.717) is 18.1 Å². The summed E-state index contributed by atoms with van der Waals surface area (Å²) in [6, 6.07) is 12.7. The van der Waals surface area contributed by atoms with E-state index in [1.165, 1.54) is 6.20 Å². The number of hydrogen-bond acceptors (Lipinski definition) is 3. The maximum absolute atomic E-state index is 11.9. The molecule has 4 nitrogen and oxygen atoms in total. The van der Waals surface area contributed by atoms with Gasteiger partial charge in [-0.15, -0.1) is 0 Å². The van der Waals surface area contributed by atoms with Gasteiger partial charge < -0.3 is 10.1 Å². The second kappa shape index (κ2) is 5.82. The summed E-state index contributed by atoms with van der Waals surface area (Å²) in [5.74, 6) is 0.338. The van der Waals surface area contributed by atoms with Crippen LogP contribution in [0.15, 0.2) is 48.7 Å². The molecule has 0 saturated carbocycles. The van der Waals surface area contributed by atoms with Crippen molar-refractivity contribution in [3.8, 4) is 5.88 Å². The summed E-state index contributed by atoms with van der Waals surface area (Å²) in [5.41, 5.74) is 1.26. The van der Waals surface area contributed by atoms with Gasteiger partial charge in [-0.25, -0.2) is 4.98 Å². The molecule has 0 saturated heterocycles. The minimum absolute atomic E-state index is 0.184. The number of aromatic nitrogens is 1. The number of benzene rings is 1. The first-order chi connectivity index (χ1) is 8.79. The number of para-hydroxylation sites is 1. The quantitative estimate of drug-likeness (QED) is 0.896. The molecule has 0 atom stereocenters. The minimum atomic E-state index is -0.184. The molecule has 18 heavy (non-hydrogen) atoms. The van der Waals surface area contributed by atoms with Crippen LogP contribution in [0.1, 0.15) is 17.3 Å². The van der Waals surface area contributed by atoms with Crippen LogP contribution in [0.25, 0.3) is 0 Å². The largest absolute Gasteiger partial charge is 0.478 e. The first-order valence-corrected chi connectivity index (χ1v) is 5.75.